The van der Waals surface area contributed by atoms with Crippen molar-refractivity contribution in [3.63, 3.8) is 0 Å². The van der Waals surface area contributed by atoms with Gasteiger partial charge in [0.05, 0.1) is 29.1 Å². The largest absolute Gasteiger partial charge is 0.303 e. The fourth-order valence-electron chi connectivity index (χ4n) is 3.51. The first-order chi connectivity index (χ1) is 12.9. The van der Waals surface area contributed by atoms with Crippen molar-refractivity contribution in [2.45, 2.75) is 34.1 Å². The summed E-state index contributed by atoms with van der Waals surface area (Å²) in [5, 5.41) is 7.07. The number of aromatic nitrogens is 4. The highest BCUT2D eigenvalue weighted by atomic mass is 16.1. The van der Waals surface area contributed by atoms with Crippen LogP contribution in [0.5, 0.6) is 0 Å². The van der Waals surface area contributed by atoms with Crippen molar-refractivity contribution in [2.75, 3.05) is 0 Å². The number of hydrogen-bond donors (Lipinski definition) is 1. The Hall–Kier alpha value is -3.21. The normalized spacial score (nSPS) is 11.3. The summed E-state index contributed by atoms with van der Waals surface area (Å²) in [5.41, 5.74) is 8.16. The van der Waals surface area contributed by atoms with E-state index in [-0.39, 0.29) is 12.2 Å². The number of Topliss-reactive ketones (excluding diaryl/α,β-unsaturated/α-hetero) is 1. The first-order valence-corrected chi connectivity index (χ1v) is 9.03. The van der Waals surface area contributed by atoms with Crippen molar-refractivity contribution in [2.24, 2.45) is 0 Å². The molecular formula is C22H22N4O. The fourth-order valence-corrected chi connectivity index (χ4v) is 3.51. The second kappa shape index (κ2) is 6.50. The summed E-state index contributed by atoms with van der Waals surface area (Å²) in [6.07, 6.45) is 2.31. The molecule has 5 nitrogen and oxygen atoms in total. The molecule has 0 aliphatic carbocycles. The number of hydrogen-bond acceptors (Lipinski definition) is 3. The van der Waals surface area contributed by atoms with E-state index in [1.165, 1.54) is 5.56 Å². The van der Waals surface area contributed by atoms with Crippen LogP contribution in [-0.2, 0) is 6.42 Å². The van der Waals surface area contributed by atoms with Gasteiger partial charge in [-0.05, 0) is 39.3 Å². The van der Waals surface area contributed by atoms with Crippen LogP contribution >= 0.6 is 0 Å². The van der Waals surface area contributed by atoms with Gasteiger partial charge in [0, 0.05) is 17.5 Å². The van der Waals surface area contributed by atoms with E-state index in [4.69, 9.17) is 4.98 Å². The summed E-state index contributed by atoms with van der Waals surface area (Å²) in [4.78, 5) is 17.9. The molecule has 0 amide bonds. The van der Waals surface area contributed by atoms with Gasteiger partial charge in [0.2, 0.25) is 0 Å². The van der Waals surface area contributed by atoms with E-state index < -0.39 is 0 Å². The van der Waals surface area contributed by atoms with E-state index in [9.17, 15) is 4.79 Å². The molecule has 3 aromatic heterocycles. The molecule has 1 N–H and O–H groups in total. The third kappa shape index (κ3) is 3.05. The van der Waals surface area contributed by atoms with Crippen molar-refractivity contribution < 1.29 is 4.79 Å². The molecule has 0 bridgehead atoms. The minimum Gasteiger partial charge on any atom is -0.303 e. The number of aryl methyl sites for hydroxylation is 4. The molecule has 3 heterocycles. The van der Waals surface area contributed by atoms with Gasteiger partial charge < -0.3 is 4.40 Å². The number of aromatic amines is 1. The van der Waals surface area contributed by atoms with Crippen molar-refractivity contribution in [1.82, 2.24) is 19.6 Å². The summed E-state index contributed by atoms with van der Waals surface area (Å²) < 4.78 is 2.03. The van der Waals surface area contributed by atoms with Gasteiger partial charge in [-0.1, -0.05) is 35.9 Å². The van der Waals surface area contributed by atoms with Crippen LogP contribution in [0.3, 0.4) is 0 Å². The van der Waals surface area contributed by atoms with Gasteiger partial charge in [-0.2, -0.15) is 5.10 Å². The standard InChI is InChI=1S/C22H22N4O/c1-13-5-8-17(9-6-13)22-18(26-12-14(2)7-10-20(26)23-22)11-19(27)21-15(3)24-25-16(21)4/h5-10,12H,11H2,1-4H3,(H,24,25). The van der Waals surface area contributed by atoms with Crippen molar-refractivity contribution in [3.05, 3.63) is 76.4 Å². The Balaban J connectivity index is 1.87. The zero-order valence-corrected chi connectivity index (χ0v) is 16.0. The maximum atomic E-state index is 13.1. The second-order valence-corrected chi connectivity index (χ2v) is 7.12. The third-order valence-electron chi connectivity index (χ3n) is 4.93. The molecule has 4 rings (SSSR count). The average molecular weight is 358 g/mol. The lowest BCUT2D eigenvalue weighted by Crippen LogP contribution is -2.09. The second-order valence-electron chi connectivity index (χ2n) is 7.12. The lowest BCUT2D eigenvalue weighted by atomic mass is 10.0. The SMILES string of the molecule is Cc1ccc(-c2nc3ccc(C)cn3c2CC(=O)c2c(C)n[nH]c2C)cc1. The van der Waals surface area contributed by atoms with Gasteiger partial charge in [0.1, 0.15) is 5.65 Å². The summed E-state index contributed by atoms with van der Waals surface area (Å²) in [6, 6.07) is 12.3. The lowest BCUT2D eigenvalue weighted by Gasteiger charge is -2.07. The number of fused-ring (bicyclic) bond motifs is 1. The molecule has 0 aliphatic rings. The average Bonchev–Trinajstić information content (AvgIpc) is 3.15. The highest BCUT2D eigenvalue weighted by Crippen LogP contribution is 2.27. The molecule has 4 aromatic rings. The van der Waals surface area contributed by atoms with Crippen LogP contribution in [0.25, 0.3) is 16.9 Å². The van der Waals surface area contributed by atoms with Gasteiger partial charge in [-0.25, -0.2) is 4.98 Å². The lowest BCUT2D eigenvalue weighted by molar-refractivity contribution is 0.0990. The Kier molecular flexibility index (Phi) is 4.15. The summed E-state index contributed by atoms with van der Waals surface area (Å²) in [5.74, 6) is 0.0513. The molecule has 0 saturated heterocycles. The van der Waals surface area contributed by atoms with Gasteiger partial charge in [-0.15, -0.1) is 0 Å². The van der Waals surface area contributed by atoms with E-state index >= 15 is 0 Å². The molecular weight excluding hydrogens is 336 g/mol. The number of ketones is 1. The van der Waals surface area contributed by atoms with Gasteiger partial charge in [0.15, 0.2) is 5.78 Å². The Bertz CT molecular complexity index is 1130. The van der Waals surface area contributed by atoms with Gasteiger partial charge in [0.25, 0.3) is 0 Å². The summed E-state index contributed by atoms with van der Waals surface area (Å²) in [7, 11) is 0. The molecule has 0 radical (unpaired) electrons. The summed E-state index contributed by atoms with van der Waals surface area (Å²) >= 11 is 0. The van der Waals surface area contributed by atoms with Gasteiger partial charge >= 0.3 is 0 Å². The van der Waals surface area contributed by atoms with E-state index in [1.807, 2.05) is 43.5 Å². The first-order valence-electron chi connectivity index (χ1n) is 9.03. The van der Waals surface area contributed by atoms with Crippen LogP contribution in [0.1, 0.15) is 38.6 Å². The predicted octanol–water partition coefficient (Wildman–Crippen LogP) is 4.38. The fraction of sp³-hybridized carbons (Fsp3) is 0.227. The summed E-state index contributed by atoms with van der Waals surface area (Å²) in [6.45, 7) is 7.84. The molecule has 136 valence electrons. The molecule has 0 spiro atoms. The Morgan fingerprint density at radius 1 is 1.00 bits per heavy atom. The van der Waals surface area contributed by atoms with Crippen LogP contribution in [0.15, 0.2) is 42.6 Å². The number of rotatable bonds is 4. The number of carbonyl (C=O) groups is 1. The highest BCUT2D eigenvalue weighted by Gasteiger charge is 2.21. The maximum absolute atomic E-state index is 13.1. The number of pyridine rings is 1. The van der Waals surface area contributed by atoms with Crippen LogP contribution < -0.4 is 0 Å². The highest BCUT2D eigenvalue weighted by molar-refractivity contribution is 6.00. The van der Waals surface area contributed by atoms with Crippen LogP contribution in [0, 0.1) is 27.7 Å². The number of imidazole rings is 1. The first kappa shape index (κ1) is 17.2. The molecule has 27 heavy (non-hydrogen) atoms. The number of nitrogens with zero attached hydrogens (tertiary/aromatic N) is 3. The van der Waals surface area contributed by atoms with E-state index in [0.29, 0.717) is 5.56 Å². The Labute approximate surface area is 158 Å². The van der Waals surface area contributed by atoms with Crippen molar-refractivity contribution >= 4 is 11.4 Å². The monoisotopic (exact) mass is 358 g/mol. The number of benzene rings is 1. The topological polar surface area (TPSA) is 63.1 Å². The predicted molar refractivity (Wildman–Crippen MR) is 106 cm³/mol. The molecule has 0 aliphatic heterocycles. The number of carbonyl (C=O) groups excluding carboxylic acids is 1. The molecule has 1 aromatic carbocycles. The van der Waals surface area contributed by atoms with Crippen molar-refractivity contribution in [3.8, 4) is 11.3 Å². The van der Waals surface area contributed by atoms with E-state index in [2.05, 4.69) is 41.4 Å². The van der Waals surface area contributed by atoms with Crippen molar-refractivity contribution in [1.29, 1.82) is 0 Å². The number of nitrogens with one attached hydrogen (secondary N) is 1. The van der Waals surface area contributed by atoms with Gasteiger partial charge in [-0.3, -0.25) is 9.89 Å². The molecule has 0 unspecified atom stereocenters. The van der Waals surface area contributed by atoms with E-state index in [0.717, 1.165) is 39.5 Å². The molecule has 5 heteroatoms. The van der Waals surface area contributed by atoms with Crippen LogP contribution in [0.4, 0.5) is 0 Å². The smallest absolute Gasteiger partial charge is 0.172 e. The minimum atomic E-state index is 0.0513. The minimum absolute atomic E-state index is 0.0513. The Morgan fingerprint density at radius 3 is 2.37 bits per heavy atom. The van der Waals surface area contributed by atoms with Crippen LogP contribution in [0.2, 0.25) is 0 Å². The number of H-pyrrole nitrogens is 1. The third-order valence-corrected chi connectivity index (χ3v) is 4.93. The van der Waals surface area contributed by atoms with Crippen LogP contribution in [-0.4, -0.2) is 25.4 Å². The molecule has 0 fully saturated rings. The zero-order valence-electron chi connectivity index (χ0n) is 16.0. The molecule has 0 saturated carbocycles. The quantitative estimate of drug-likeness (QED) is 0.551. The maximum Gasteiger partial charge on any atom is 0.172 e. The van der Waals surface area contributed by atoms with E-state index in [1.54, 1.807) is 0 Å². The zero-order chi connectivity index (χ0) is 19.1. The Morgan fingerprint density at radius 2 is 1.70 bits per heavy atom. The molecule has 0 atom stereocenters.